The first kappa shape index (κ1) is 40.6. The zero-order valence-electron chi connectivity index (χ0n) is 32.0. The summed E-state index contributed by atoms with van der Waals surface area (Å²) in [6.07, 6.45) is -11.3. The highest BCUT2D eigenvalue weighted by Gasteiger charge is 2.57. The van der Waals surface area contributed by atoms with Crippen LogP contribution in [0.4, 0.5) is 0 Å². The van der Waals surface area contributed by atoms with Crippen LogP contribution in [0.1, 0.15) is 35.5 Å². The topological polar surface area (TPSA) is 136 Å². The molecule has 4 aromatic rings. The van der Waals surface area contributed by atoms with Crippen LogP contribution in [0.2, 0.25) is 0 Å². The molecular formula is C44H48O13. The molecule has 13 heteroatoms. The van der Waals surface area contributed by atoms with Crippen LogP contribution in [-0.2, 0) is 81.5 Å². The van der Waals surface area contributed by atoms with E-state index < -0.39 is 79.6 Å². The number of rotatable bonds is 15. The molecule has 3 aliphatic heterocycles. The molecule has 3 aliphatic rings. The molecule has 7 rings (SSSR count). The van der Waals surface area contributed by atoms with Gasteiger partial charge in [0.25, 0.3) is 0 Å². The number of hydrogen-bond acceptors (Lipinski definition) is 13. The third kappa shape index (κ3) is 10.1. The first-order valence-corrected chi connectivity index (χ1v) is 18.9. The van der Waals surface area contributed by atoms with Gasteiger partial charge in [-0.05, 0) is 16.7 Å². The number of benzene rings is 4. The van der Waals surface area contributed by atoms with E-state index in [0.717, 1.165) is 22.3 Å². The summed E-state index contributed by atoms with van der Waals surface area (Å²) < 4.78 is 69.2. The fourth-order valence-electron chi connectivity index (χ4n) is 7.22. The molecule has 3 fully saturated rings. The summed E-state index contributed by atoms with van der Waals surface area (Å²) >= 11 is 0. The standard InChI is InChI=1S/C44H48O13/c1-28(45)53-40-37(51-26-31-20-12-6-13-21-31)36(50-25-30-18-10-5-11-19-30)38(41(46)47-2)56-44(40)57-39-35(49-24-29-16-8-4-9-17-29)34-33(54-43(39)48-3)27-52-42(55-34)32-22-14-7-15-23-32/h4-23,33-40,42-44H,24-27H2,1-3H3/t33-,34-,35+,36+,37+,38+,39+,40-,42-,43+,44+/m1/s1. The molecule has 0 aliphatic carbocycles. The van der Waals surface area contributed by atoms with E-state index in [0.29, 0.717) is 0 Å². The number of ether oxygens (including phenoxy) is 11. The fourth-order valence-corrected chi connectivity index (χ4v) is 7.22. The third-order valence-corrected chi connectivity index (χ3v) is 9.97. The smallest absolute Gasteiger partial charge is 0.337 e. The molecule has 0 amide bonds. The minimum absolute atomic E-state index is 0.0869. The summed E-state index contributed by atoms with van der Waals surface area (Å²) in [5.41, 5.74) is 3.40. The van der Waals surface area contributed by atoms with Crippen molar-refractivity contribution in [2.75, 3.05) is 20.8 Å². The molecule has 0 aromatic heterocycles. The second-order valence-corrected chi connectivity index (χ2v) is 13.9. The van der Waals surface area contributed by atoms with Gasteiger partial charge < -0.3 is 52.1 Å². The molecule has 0 radical (unpaired) electrons. The molecule has 0 unspecified atom stereocenters. The highest BCUT2D eigenvalue weighted by molar-refractivity contribution is 5.75. The van der Waals surface area contributed by atoms with Gasteiger partial charge in [0, 0.05) is 19.6 Å². The van der Waals surface area contributed by atoms with E-state index in [-0.39, 0.29) is 26.4 Å². The van der Waals surface area contributed by atoms with Gasteiger partial charge in [-0.3, -0.25) is 4.79 Å². The quantitative estimate of drug-likeness (QED) is 0.142. The maximum absolute atomic E-state index is 13.6. The van der Waals surface area contributed by atoms with Gasteiger partial charge >= 0.3 is 11.9 Å². The van der Waals surface area contributed by atoms with Crippen molar-refractivity contribution in [3.63, 3.8) is 0 Å². The lowest BCUT2D eigenvalue weighted by atomic mass is 9.95. The Morgan fingerprint density at radius 1 is 0.596 bits per heavy atom. The minimum Gasteiger partial charge on any atom is -0.467 e. The average Bonchev–Trinajstić information content (AvgIpc) is 3.25. The van der Waals surface area contributed by atoms with E-state index >= 15 is 0 Å². The predicted molar refractivity (Wildman–Crippen MR) is 202 cm³/mol. The van der Waals surface area contributed by atoms with Gasteiger partial charge in [0.1, 0.15) is 36.6 Å². The van der Waals surface area contributed by atoms with E-state index in [1.807, 2.05) is 121 Å². The first-order valence-electron chi connectivity index (χ1n) is 18.9. The van der Waals surface area contributed by atoms with Crippen molar-refractivity contribution in [2.24, 2.45) is 0 Å². The van der Waals surface area contributed by atoms with Crippen molar-refractivity contribution >= 4 is 11.9 Å². The number of esters is 2. The molecule has 4 aromatic carbocycles. The van der Waals surface area contributed by atoms with Crippen LogP contribution in [0.25, 0.3) is 0 Å². The van der Waals surface area contributed by atoms with Crippen LogP contribution in [-0.4, -0.2) is 94.2 Å². The number of hydrogen-bond donors (Lipinski definition) is 0. The van der Waals surface area contributed by atoms with Crippen molar-refractivity contribution in [1.82, 2.24) is 0 Å². The van der Waals surface area contributed by atoms with Crippen LogP contribution < -0.4 is 0 Å². The molecule has 13 nitrogen and oxygen atoms in total. The molecule has 0 saturated carbocycles. The van der Waals surface area contributed by atoms with E-state index in [1.54, 1.807) is 0 Å². The molecule has 57 heavy (non-hydrogen) atoms. The summed E-state index contributed by atoms with van der Waals surface area (Å²) in [4.78, 5) is 26.5. The van der Waals surface area contributed by atoms with Crippen LogP contribution in [0.3, 0.4) is 0 Å². The van der Waals surface area contributed by atoms with Crippen LogP contribution in [0.5, 0.6) is 0 Å². The fraction of sp³-hybridized carbons (Fsp3) is 0.409. The van der Waals surface area contributed by atoms with Gasteiger partial charge in [-0.2, -0.15) is 0 Å². The molecule has 0 N–H and O–H groups in total. The molecular weight excluding hydrogens is 736 g/mol. The molecule has 11 atom stereocenters. The number of fused-ring (bicyclic) bond motifs is 1. The summed E-state index contributed by atoms with van der Waals surface area (Å²) in [6, 6.07) is 38.1. The molecule has 0 spiro atoms. The van der Waals surface area contributed by atoms with E-state index in [2.05, 4.69) is 0 Å². The lowest BCUT2D eigenvalue weighted by Gasteiger charge is -2.51. The first-order chi connectivity index (χ1) is 27.9. The number of carbonyl (C=O) groups excluding carboxylic acids is 2. The largest absolute Gasteiger partial charge is 0.467 e. The molecule has 302 valence electrons. The Kier molecular flexibility index (Phi) is 14.1. The highest BCUT2D eigenvalue weighted by Crippen LogP contribution is 2.39. The summed E-state index contributed by atoms with van der Waals surface area (Å²) in [5.74, 6) is -1.38. The van der Waals surface area contributed by atoms with Gasteiger partial charge in [0.15, 0.2) is 31.1 Å². The Hall–Kier alpha value is -4.54. The van der Waals surface area contributed by atoms with Crippen LogP contribution in [0.15, 0.2) is 121 Å². The predicted octanol–water partition coefficient (Wildman–Crippen LogP) is 5.44. The van der Waals surface area contributed by atoms with Crippen LogP contribution in [0, 0.1) is 0 Å². The molecule has 3 saturated heterocycles. The monoisotopic (exact) mass is 784 g/mol. The van der Waals surface area contributed by atoms with E-state index in [9.17, 15) is 9.59 Å². The SMILES string of the molecule is COC(=O)[C@H]1O[C@@H](O[C@@H]2[C@@H](OC)O[C@@H]3CO[C@@H](c4ccccc4)O[C@H]3[C@@H]2OCc2ccccc2)[C@H](OC(C)=O)[C@@H](OCc2ccccc2)[C@@H]1OCc1ccccc1. The van der Waals surface area contributed by atoms with Crippen molar-refractivity contribution in [3.8, 4) is 0 Å². The summed E-state index contributed by atoms with van der Waals surface area (Å²) in [5, 5.41) is 0. The zero-order chi connectivity index (χ0) is 39.6. The van der Waals surface area contributed by atoms with Gasteiger partial charge in [-0.25, -0.2) is 4.79 Å². The van der Waals surface area contributed by atoms with E-state index in [1.165, 1.54) is 21.1 Å². The normalized spacial score (nSPS) is 29.8. The second kappa shape index (κ2) is 19.7. The van der Waals surface area contributed by atoms with E-state index in [4.69, 9.17) is 52.1 Å². The second-order valence-electron chi connectivity index (χ2n) is 13.9. The van der Waals surface area contributed by atoms with Crippen molar-refractivity contribution in [2.45, 2.75) is 94.4 Å². The van der Waals surface area contributed by atoms with Gasteiger partial charge in [0.2, 0.25) is 0 Å². The van der Waals surface area contributed by atoms with Crippen molar-refractivity contribution < 1.29 is 61.7 Å². The zero-order valence-corrected chi connectivity index (χ0v) is 32.0. The molecule has 0 bridgehead atoms. The molecule has 3 heterocycles. The highest BCUT2D eigenvalue weighted by atomic mass is 16.8. The van der Waals surface area contributed by atoms with Gasteiger partial charge in [-0.1, -0.05) is 121 Å². The van der Waals surface area contributed by atoms with Gasteiger partial charge in [-0.15, -0.1) is 0 Å². The Bertz CT molecular complexity index is 1830. The van der Waals surface area contributed by atoms with Crippen LogP contribution >= 0.6 is 0 Å². The summed E-state index contributed by atoms with van der Waals surface area (Å²) in [6.45, 7) is 1.82. The number of methoxy groups -OCH3 is 2. The van der Waals surface area contributed by atoms with Crippen molar-refractivity contribution in [3.05, 3.63) is 144 Å². The van der Waals surface area contributed by atoms with Crippen molar-refractivity contribution in [1.29, 1.82) is 0 Å². The Balaban J connectivity index is 1.24. The minimum atomic E-state index is -1.44. The Morgan fingerprint density at radius 2 is 1.12 bits per heavy atom. The average molecular weight is 785 g/mol. The lowest BCUT2D eigenvalue weighted by molar-refractivity contribution is -0.395. The maximum Gasteiger partial charge on any atom is 0.337 e. The number of carbonyl (C=O) groups is 2. The Morgan fingerprint density at radius 3 is 1.65 bits per heavy atom. The third-order valence-electron chi connectivity index (χ3n) is 9.97. The maximum atomic E-state index is 13.6. The Labute approximate surface area is 331 Å². The lowest BCUT2D eigenvalue weighted by Crippen LogP contribution is -2.67. The summed E-state index contributed by atoms with van der Waals surface area (Å²) in [7, 11) is 2.73. The van der Waals surface area contributed by atoms with Gasteiger partial charge in [0.05, 0.1) is 33.5 Å².